The van der Waals surface area contributed by atoms with E-state index in [9.17, 15) is 9.59 Å². The highest BCUT2D eigenvalue weighted by atomic mass is 16.2. The number of nitrogens with zero attached hydrogens (tertiary/aromatic N) is 1. The van der Waals surface area contributed by atoms with E-state index in [-0.39, 0.29) is 18.4 Å². The molecular weight excluding hydrogens is 314 g/mol. The predicted molar refractivity (Wildman–Crippen MR) is 101 cm³/mol. The lowest BCUT2D eigenvalue weighted by Crippen LogP contribution is -2.55. The molecule has 0 saturated carbocycles. The SMILES string of the molecule is CCc1ccccc1NC(=O)CN1C(=O)C(C)(C)Nc2ccccc21. The van der Waals surface area contributed by atoms with Gasteiger partial charge in [0.15, 0.2) is 0 Å². The van der Waals surface area contributed by atoms with Crippen molar-refractivity contribution in [1.82, 2.24) is 0 Å². The molecule has 25 heavy (non-hydrogen) atoms. The number of nitrogens with one attached hydrogen (secondary N) is 2. The third-order valence-corrected chi connectivity index (χ3v) is 4.40. The molecule has 3 rings (SSSR count). The zero-order valence-corrected chi connectivity index (χ0v) is 14.8. The van der Waals surface area contributed by atoms with Crippen molar-refractivity contribution in [2.45, 2.75) is 32.7 Å². The molecule has 2 aromatic carbocycles. The third-order valence-electron chi connectivity index (χ3n) is 4.40. The first-order valence-corrected chi connectivity index (χ1v) is 8.49. The Morgan fingerprint density at radius 1 is 1.12 bits per heavy atom. The quantitative estimate of drug-likeness (QED) is 0.898. The summed E-state index contributed by atoms with van der Waals surface area (Å²) in [6.45, 7) is 5.67. The Kier molecular flexibility index (Phi) is 4.49. The van der Waals surface area contributed by atoms with Gasteiger partial charge < -0.3 is 10.6 Å². The van der Waals surface area contributed by atoms with Crippen molar-refractivity contribution < 1.29 is 9.59 Å². The lowest BCUT2D eigenvalue weighted by molar-refractivity contribution is -0.124. The zero-order chi connectivity index (χ0) is 18.0. The van der Waals surface area contributed by atoms with Gasteiger partial charge in [-0.3, -0.25) is 14.5 Å². The Balaban J connectivity index is 1.84. The van der Waals surface area contributed by atoms with Gasteiger partial charge in [-0.05, 0) is 44.0 Å². The van der Waals surface area contributed by atoms with E-state index in [1.54, 1.807) is 4.90 Å². The highest BCUT2D eigenvalue weighted by Gasteiger charge is 2.39. The Bertz CT molecular complexity index is 814. The van der Waals surface area contributed by atoms with E-state index in [1.807, 2.05) is 69.3 Å². The van der Waals surface area contributed by atoms with Gasteiger partial charge in [0.2, 0.25) is 5.91 Å². The molecule has 2 aromatic rings. The molecule has 0 unspecified atom stereocenters. The number of rotatable bonds is 4. The number of hydrogen-bond acceptors (Lipinski definition) is 3. The van der Waals surface area contributed by atoms with Gasteiger partial charge >= 0.3 is 0 Å². The molecule has 0 spiro atoms. The fourth-order valence-corrected chi connectivity index (χ4v) is 3.09. The fraction of sp³-hybridized carbons (Fsp3) is 0.300. The number of amides is 2. The van der Waals surface area contributed by atoms with Crippen LogP contribution in [0.15, 0.2) is 48.5 Å². The van der Waals surface area contributed by atoms with Crippen LogP contribution in [-0.4, -0.2) is 23.9 Å². The molecule has 1 aliphatic heterocycles. The number of carbonyl (C=O) groups excluding carboxylic acids is 2. The molecule has 0 atom stereocenters. The Morgan fingerprint density at radius 3 is 2.56 bits per heavy atom. The molecule has 0 aliphatic carbocycles. The molecule has 130 valence electrons. The first-order chi connectivity index (χ1) is 11.9. The molecule has 0 fully saturated rings. The molecule has 1 aliphatic rings. The number of anilines is 3. The second-order valence-corrected chi connectivity index (χ2v) is 6.72. The molecule has 5 nitrogen and oxygen atoms in total. The van der Waals surface area contributed by atoms with Gasteiger partial charge in [-0.15, -0.1) is 0 Å². The fourth-order valence-electron chi connectivity index (χ4n) is 3.09. The van der Waals surface area contributed by atoms with E-state index in [2.05, 4.69) is 10.6 Å². The lowest BCUT2D eigenvalue weighted by atomic mass is 9.98. The molecule has 0 aromatic heterocycles. The van der Waals surface area contributed by atoms with Crippen molar-refractivity contribution in [3.8, 4) is 0 Å². The summed E-state index contributed by atoms with van der Waals surface area (Å²) in [7, 11) is 0. The van der Waals surface area contributed by atoms with Crippen molar-refractivity contribution in [3.63, 3.8) is 0 Å². The summed E-state index contributed by atoms with van der Waals surface area (Å²) >= 11 is 0. The van der Waals surface area contributed by atoms with E-state index >= 15 is 0 Å². The summed E-state index contributed by atoms with van der Waals surface area (Å²) in [4.78, 5) is 26.9. The summed E-state index contributed by atoms with van der Waals surface area (Å²) in [5, 5.41) is 6.17. The first-order valence-electron chi connectivity index (χ1n) is 8.49. The molecule has 5 heteroatoms. The normalized spacial score (nSPS) is 15.3. The van der Waals surface area contributed by atoms with E-state index in [0.29, 0.717) is 0 Å². The molecular formula is C20H23N3O2. The standard InChI is InChI=1S/C20H23N3O2/c1-4-14-9-5-6-10-15(14)21-18(24)13-23-17-12-8-7-11-16(17)22-20(2,3)19(23)25/h5-12,22H,4,13H2,1-3H3,(H,21,24). The summed E-state index contributed by atoms with van der Waals surface area (Å²) in [5.41, 5.74) is 2.70. The van der Waals surface area contributed by atoms with Crippen LogP contribution in [0.3, 0.4) is 0 Å². The van der Waals surface area contributed by atoms with E-state index in [1.165, 1.54) is 0 Å². The van der Waals surface area contributed by atoms with Crippen molar-refractivity contribution in [1.29, 1.82) is 0 Å². The zero-order valence-electron chi connectivity index (χ0n) is 14.8. The number of para-hydroxylation sites is 3. The van der Waals surface area contributed by atoms with Crippen LogP contribution in [-0.2, 0) is 16.0 Å². The lowest BCUT2D eigenvalue weighted by Gasteiger charge is -2.39. The number of hydrogen-bond donors (Lipinski definition) is 2. The third kappa shape index (κ3) is 3.36. The van der Waals surface area contributed by atoms with Crippen molar-refractivity contribution in [2.75, 3.05) is 22.1 Å². The van der Waals surface area contributed by atoms with Crippen molar-refractivity contribution >= 4 is 28.9 Å². The largest absolute Gasteiger partial charge is 0.370 e. The van der Waals surface area contributed by atoms with Gasteiger partial charge in [0.1, 0.15) is 12.1 Å². The summed E-state index contributed by atoms with van der Waals surface area (Å²) in [5.74, 6) is -0.327. The molecule has 0 saturated heterocycles. The monoisotopic (exact) mass is 337 g/mol. The minimum absolute atomic E-state index is 0.0149. The molecule has 0 radical (unpaired) electrons. The summed E-state index contributed by atoms with van der Waals surface area (Å²) < 4.78 is 0. The van der Waals surface area contributed by atoms with Crippen LogP contribution in [0.5, 0.6) is 0 Å². The molecule has 1 heterocycles. The Labute approximate surface area is 148 Å². The van der Waals surface area contributed by atoms with Gasteiger partial charge in [0.25, 0.3) is 5.91 Å². The van der Waals surface area contributed by atoms with E-state index in [4.69, 9.17) is 0 Å². The van der Waals surface area contributed by atoms with E-state index in [0.717, 1.165) is 29.0 Å². The summed E-state index contributed by atoms with van der Waals surface area (Å²) in [6, 6.07) is 15.3. The van der Waals surface area contributed by atoms with Gasteiger partial charge in [0.05, 0.1) is 11.4 Å². The molecule has 0 bridgehead atoms. The van der Waals surface area contributed by atoms with Crippen LogP contribution in [0.2, 0.25) is 0 Å². The average Bonchev–Trinajstić information content (AvgIpc) is 2.59. The highest BCUT2D eigenvalue weighted by Crippen LogP contribution is 2.34. The van der Waals surface area contributed by atoms with Gasteiger partial charge in [-0.1, -0.05) is 37.3 Å². The van der Waals surface area contributed by atoms with Crippen LogP contribution in [0, 0.1) is 0 Å². The average molecular weight is 337 g/mol. The van der Waals surface area contributed by atoms with Crippen LogP contribution >= 0.6 is 0 Å². The van der Waals surface area contributed by atoms with Gasteiger partial charge in [-0.2, -0.15) is 0 Å². The molecule has 2 N–H and O–H groups in total. The smallest absolute Gasteiger partial charge is 0.252 e. The second-order valence-electron chi connectivity index (χ2n) is 6.72. The topological polar surface area (TPSA) is 61.4 Å². The Hall–Kier alpha value is -2.82. The van der Waals surface area contributed by atoms with Crippen LogP contribution in [0.4, 0.5) is 17.1 Å². The van der Waals surface area contributed by atoms with Gasteiger partial charge in [-0.25, -0.2) is 0 Å². The second kappa shape index (κ2) is 6.59. The highest BCUT2D eigenvalue weighted by molar-refractivity contribution is 6.11. The van der Waals surface area contributed by atoms with Crippen molar-refractivity contribution in [3.05, 3.63) is 54.1 Å². The number of aryl methyl sites for hydroxylation is 1. The number of benzene rings is 2. The van der Waals surface area contributed by atoms with Crippen molar-refractivity contribution in [2.24, 2.45) is 0 Å². The maximum Gasteiger partial charge on any atom is 0.252 e. The van der Waals surface area contributed by atoms with E-state index < -0.39 is 5.54 Å². The van der Waals surface area contributed by atoms with Crippen LogP contribution < -0.4 is 15.5 Å². The first kappa shape index (κ1) is 17.0. The molecule has 2 amide bonds. The van der Waals surface area contributed by atoms with Gasteiger partial charge in [0, 0.05) is 5.69 Å². The minimum atomic E-state index is -0.754. The number of fused-ring (bicyclic) bond motifs is 1. The van der Waals surface area contributed by atoms with Crippen LogP contribution in [0.25, 0.3) is 0 Å². The number of carbonyl (C=O) groups is 2. The predicted octanol–water partition coefficient (Wildman–Crippen LogP) is 3.42. The Morgan fingerprint density at radius 2 is 1.80 bits per heavy atom. The summed E-state index contributed by atoms with van der Waals surface area (Å²) in [6.07, 6.45) is 0.832. The maximum atomic E-state index is 12.8. The van der Waals surface area contributed by atoms with Crippen LogP contribution in [0.1, 0.15) is 26.3 Å². The maximum absolute atomic E-state index is 12.8. The minimum Gasteiger partial charge on any atom is -0.370 e.